The number of nitrogens with zero attached hydrogens (tertiary/aromatic N) is 3. The predicted octanol–water partition coefficient (Wildman–Crippen LogP) is 4.19. The molecular formula is C13H11ClF3N3OS. The monoisotopic (exact) mass is 349 g/mol. The molecule has 0 amide bonds. The van der Waals surface area contributed by atoms with Gasteiger partial charge in [-0.15, -0.1) is 11.8 Å². The van der Waals surface area contributed by atoms with Crippen LogP contribution in [0.2, 0.25) is 5.02 Å². The third-order valence-corrected chi connectivity index (χ3v) is 4.39. The predicted molar refractivity (Wildman–Crippen MR) is 78.6 cm³/mol. The zero-order valence-electron chi connectivity index (χ0n) is 11.3. The van der Waals surface area contributed by atoms with Crippen molar-refractivity contribution in [3.63, 3.8) is 0 Å². The van der Waals surface area contributed by atoms with E-state index in [-0.39, 0.29) is 10.6 Å². The van der Waals surface area contributed by atoms with E-state index in [4.69, 9.17) is 16.8 Å². The Bertz CT molecular complexity index is 700. The van der Waals surface area contributed by atoms with Crippen LogP contribution < -0.4 is 0 Å². The minimum absolute atomic E-state index is 0.241. The van der Waals surface area contributed by atoms with Gasteiger partial charge in [-0.1, -0.05) is 35.0 Å². The van der Waals surface area contributed by atoms with E-state index >= 15 is 0 Å². The number of halogens is 4. The van der Waals surface area contributed by atoms with E-state index in [1.807, 2.05) is 0 Å². The highest BCUT2D eigenvalue weighted by molar-refractivity contribution is 7.98. The molecule has 0 atom stereocenters. The standard InChI is InChI=1S/C13H11ClF3N3OS/c1-20-12(22-7-8-4-2-3-5-10(8)14)9(6-18-21)11(19-20)13(15,16)17/h2-6,21H,7H2,1H3. The number of alkyl halides is 3. The summed E-state index contributed by atoms with van der Waals surface area (Å²) < 4.78 is 39.9. The quantitative estimate of drug-likeness (QED) is 0.389. The van der Waals surface area contributed by atoms with Gasteiger partial charge in [0.1, 0.15) is 5.03 Å². The number of oxime groups is 1. The molecule has 2 aromatic rings. The maximum absolute atomic E-state index is 12.9. The molecule has 0 unspecified atom stereocenters. The molecule has 1 heterocycles. The second-order valence-corrected chi connectivity index (χ2v) is 5.68. The molecule has 22 heavy (non-hydrogen) atoms. The average molecular weight is 350 g/mol. The Labute approximate surface area is 133 Å². The van der Waals surface area contributed by atoms with Crippen molar-refractivity contribution in [2.75, 3.05) is 0 Å². The smallest absolute Gasteiger partial charge is 0.411 e. The number of thioether (sulfide) groups is 1. The number of rotatable bonds is 4. The lowest BCUT2D eigenvalue weighted by Crippen LogP contribution is -2.09. The number of hydrogen-bond donors (Lipinski definition) is 1. The molecule has 0 fully saturated rings. The Hall–Kier alpha value is -1.67. The molecule has 1 aromatic heterocycles. The Balaban J connectivity index is 2.35. The maximum Gasteiger partial charge on any atom is 0.435 e. The Morgan fingerprint density at radius 1 is 1.41 bits per heavy atom. The fourth-order valence-corrected chi connectivity index (χ4v) is 3.20. The molecule has 0 spiro atoms. The van der Waals surface area contributed by atoms with Crippen LogP contribution in [0.25, 0.3) is 0 Å². The molecule has 9 heteroatoms. The fraction of sp³-hybridized carbons (Fsp3) is 0.231. The molecule has 0 saturated carbocycles. The number of benzene rings is 1. The highest BCUT2D eigenvalue weighted by Gasteiger charge is 2.38. The molecule has 0 radical (unpaired) electrons. The van der Waals surface area contributed by atoms with Gasteiger partial charge >= 0.3 is 6.18 Å². The van der Waals surface area contributed by atoms with Crippen LogP contribution in [0.4, 0.5) is 13.2 Å². The summed E-state index contributed by atoms with van der Waals surface area (Å²) in [6, 6.07) is 7.06. The van der Waals surface area contributed by atoms with E-state index in [1.165, 1.54) is 7.05 Å². The van der Waals surface area contributed by atoms with Gasteiger partial charge in [0, 0.05) is 17.8 Å². The van der Waals surface area contributed by atoms with Gasteiger partial charge in [0.2, 0.25) is 0 Å². The second kappa shape index (κ2) is 6.62. The van der Waals surface area contributed by atoms with Gasteiger partial charge in [0.05, 0.1) is 11.8 Å². The van der Waals surface area contributed by atoms with Gasteiger partial charge in [0.25, 0.3) is 0 Å². The van der Waals surface area contributed by atoms with Crippen molar-refractivity contribution < 1.29 is 18.4 Å². The molecule has 2 rings (SSSR count). The van der Waals surface area contributed by atoms with E-state index in [2.05, 4.69) is 10.3 Å². The molecule has 1 N–H and O–H groups in total. The molecule has 1 aromatic carbocycles. The van der Waals surface area contributed by atoms with Crippen molar-refractivity contribution in [2.24, 2.45) is 12.2 Å². The minimum Gasteiger partial charge on any atom is -0.411 e. The summed E-state index contributed by atoms with van der Waals surface area (Å²) in [6.45, 7) is 0. The molecule has 0 bridgehead atoms. The third-order valence-electron chi connectivity index (χ3n) is 2.81. The maximum atomic E-state index is 12.9. The van der Waals surface area contributed by atoms with Gasteiger partial charge in [-0.3, -0.25) is 4.68 Å². The van der Waals surface area contributed by atoms with Crippen LogP contribution in [0.1, 0.15) is 16.8 Å². The van der Waals surface area contributed by atoms with Crippen LogP contribution in [-0.2, 0) is 19.0 Å². The zero-order valence-corrected chi connectivity index (χ0v) is 12.9. The SMILES string of the molecule is Cn1nc(C(F)(F)F)c(C=NO)c1SCc1ccccc1Cl. The van der Waals surface area contributed by atoms with E-state index in [0.29, 0.717) is 10.8 Å². The summed E-state index contributed by atoms with van der Waals surface area (Å²) in [5, 5.41) is 15.6. The van der Waals surface area contributed by atoms with Gasteiger partial charge in [0.15, 0.2) is 5.69 Å². The topological polar surface area (TPSA) is 50.4 Å². The van der Waals surface area contributed by atoms with E-state index < -0.39 is 11.9 Å². The summed E-state index contributed by atoms with van der Waals surface area (Å²) in [4.78, 5) is 0. The average Bonchev–Trinajstić information content (AvgIpc) is 2.75. The molecule has 4 nitrogen and oxygen atoms in total. The molecular weight excluding hydrogens is 339 g/mol. The molecule has 0 saturated heterocycles. The molecule has 0 aliphatic heterocycles. The first-order valence-corrected chi connectivity index (χ1v) is 7.38. The normalized spacial score (nSPS) is 12.2. The van der Waals surface area contributed by atoms with Crippen molar-refractivity contribution in [1.29, 1.82) is 0 Å². The van der Waals surface area contributed by atoms with Gasteiger partial charge < -0.3 is 5.21 Å². The van der Waals surface area contributed by atoms with Crippen molar-refractivity contribution in [3.8, 4) is 0 Å². The minimum atomic E-state index is -4.63. The Kier molecular flexibility index (Phi) is 5.02. The first-order valence-electron chi connectivity index (χ1n) is 6.02. The van der Waals surface area contributed by atoms with Crippen molar-refractivity contribution >= 4 is 29.6 Å². The van der Waals surface area contributed by atoms with Gasteiger partial charge in [-0.05, 0) is 11.6 Å². The summed E-state index contributed by atoms with van der Waals surface area (Å²) in [5.41, 5.74) is -0.570. The number of aryl methyl sites for hydroxylation is 1. The highest BCUT2D eigenvalue weighted by Crippen LogP contribution is 2.36. The van der Waals surface area contributed by atoms with E-state index in [0.717, 1.165) is 28.2 Å². The van der Waals surface area contributed by atoms with Crippen LogP contribution in [0.5, 0.6) is 0 Å². The summed E-state index contributed by atoms with van der Waals surface area (Å²) in [7, 11) is 1.40. The summed E-state index contributed by atoms with van der Waals surface area (Å²) in [5.74, 6) is 0.364. The van der Waals surface area contributed by atoms with Crippen LogP contribution in [0, 0.1) is 0 Å². The highest BCUT2D eigenvalue weighted by atomic mass is 35.5. The summed E-state index contributed by atoms with van der Waals surface area (Å²) in [6.07, 6.45) is -3.89. The first-order chi connectivity index (χ1) is 10.3. The molecule has 0 aliphatic carbocycles. The fourth-order valence-electron chi connectivity index (χ4n) is 1.84. The van der Waals surface area contributed by atoms with Crippen molar-refractivity contribution in [1.82, 2.24) is 9.78 Å². The lowest BCUT2D eigenvalue weighted by atomic mass is 10.2. The van der Waals surface area contributed by atoms with Gasteiger partial charge in [-0.2, -0.15) is 18.3 Å². The van der Waals surface area contributed by atoms with E-state index in [1.54, 1.807) is 24.3 Å². The van der Waals surface area contributed by atoms with Crippen molar-refractivity contribution in [2.45, 2.75) is 17.0 Å². The van der Waals surface area contributed by atoms with Crippen LogP contribution in [0.15, 0.2) is 34.4 Å². The van der Waals surface area contributed by atoms with E-state index in [9.17, 15) is 13.2 Å². The van der Waals surface area contributed by atoms with Crippen molar-refractivity contribution in [3.05, 3.63) is 46.1 Å². The largest absolute Gasteiger partial charge is 0.435 e. The van der Waals surface area contributed by atoms with Crippen LogP contribution >= 0.6 is 23.4 Å². The molecule has 0 aliphatic rings. The third kappa shape index (κ3) is 3.56. The zero-order chi connectivity index (χ0) is 16.3. The van der Waals surface area contributed by atoms with Crippen LogP contribution in [0.3, 0.4) is 0 Å². The van der Waals surface area contributed by atoms with Crippen LogP contribution in [-0.4, -0.2) is 21.2 Å². The second-order valence-electron chi connectivity index (χ2n) is 4.31. The number of hydrogen-bond acceptors (Lipinski definition) is 4. The lowest BCUT2D eigenvalue weighted by Gasteiger charge is -2.06. The van der Waals surface area contributed by atoms with Gasteiger partial charge in [-0.25, -0.2) is 0 Å². The first kappa shape index (κ1) is 16.7. The Morgan fingerprint density at radius 2 is 2.09 bits per heavy atom. The summed E-state index contributed by atoms with van der Waals surface area (Å²) >= 11 is 7.16. The lowest BCUT2D eigenvalue weighted by molar-refractivity contribution is -0.141. The Morgan fingerprint density at radius 3 is 2.68 bits per heavy atom. The number of aromatic nitrogens is 2. The molecule has 118 valence electrons.